The van der Waals surface area contributed by atoms with Gasteiger partial charge in [0.15, 0.2) is 0 Å². The van der Waals surface area contributed by atoms with Gasteiger partial charge in [-0.05, 0) is 40.2 Å². The Bertz CT molecular complexity index is 316. The van der Waals surface area contributed by atoms with Gasteiger partial charge in [0, 0.05) is 32.1 Å². The molecule has 0 radical (unpaired) electrons. The van der Waals surface area contributed by atoms with Gasteiger partial charge in [-0.2, -0.15) is 0 Å². The Morgan fingerprint density at radius 2 is 1.89 bits per heavy atom. The molecule has 1 saturated heterocycles. The molecule has 0 aromatic heterocycles. The van der Waals surface area contributed by atoms with Crippen LogP contribution in [0.2, 0.25) is 0 Å². The topological polar surface area (TPSA) is 52.7 Å². The first-order chi connectivity index (χ1) is 8.99. The van der Waals surface area contributed by atoms with E-state index >= 15 is 0 Å². The minimum absolute atomic E-state index is 0.0304. The number of piperidine rings is 1. The zero-order chi connectivity index (χ0) is 14.4. The molecule has 0 aliphatic carbocycles. The lowest BCUT2D eigenvalue weighted by molar-refractivity contribution is -0.142. The second-order valence-corrected chi connectivity index (χ2v) is 5.34. The number of carbonyl (C=O) groups is 2. The van der Waals surface area contributed by atoms with Crippen molar-refractivity contribution in [2.45, 2.75) is 39.7 Å². The fraction of sp³-hybridized carbons (Fsp3) is 0.857. The largest absolute Gasteiger partial charge is 0.342 e. The van der Waals surface area contributed by atoms with E-state index in [4.69, 9.17) is 0 Å². The van der Waals surface area contributed by atoms with Gasteiger partial charge >= 0.3 is 0 Å². The van der Waals surface area contributed by atoms with Gasteiger partial charge in [-0.3, -0.25) is 9.59 Å². The summed E-state index contributed by atoms with van der Waals surface area (Å²) in [6.07, 6.45) is 1.73. The lowest BCUT2D eigenvalue weighted by Crippen LogP contribution is -2.46. The van der Waals surface area contributed by atoms with E-state index in [9.17, 15) is 9.59 Å². The van der Waals surface area contributed by atoms with Gasteiger partial charge in [-0.1, -0.05) is 0 Å². The Balaban J connectivity index is 2.50. The van der Waals surface area contributed by atoms with Crippen LogP contribution in [-0.4, -0.2) is 60.9 Å². The highest BCUT2D eigenvalue weighted by Crippen LogP contribution is 2.18. The number of nitrogens with zero attached hydrogens (tertiary/aromatic N) is 2. The number of nitrogens with one attached hydrogen (secondary N) is 1. The summed E-state index contributed by atoms with van der Waals surface area (Å²) in [4.78, 5) is 27.6. The monoisotopic (exact) mass is 269 g/mol. The third kappa shape index (κ3) is 4.49. The van der Waals surface area contributed by atoms with E-state index in [2.05, 4.69) is 12.2 Å². The first-order valence-electron chi connectivity index (χ1n) is 7.25. The smallest absolute Gasteiger partial charge is 0.242 e. The van der Waals surface area contributed by atoms with Crippen molar-refractivity contribution in [3.05, 3.63) is 0 Å². The summed E-state index contributed by atoms with van der Waals surface area (Å²) in [6.45, 7) is 8.48. The van der Waals surface area contributed by atoms with E-state index in [1.54, 1.807) is 16.8 Å². The molecule has 1 heterocycles. The van der Waals surface area contributed by atoms with E-state index in [0.717, 1.165) is 19.4 Å². The normalized spacial score (nSPS) is 22.9. The van der Waals surface area contributed by atoms with Crippen molar-refractivity contribution in [3.8, 4) is 0 Å². The maximum Gasteiger partial charge on any atom is 0.242 e. The summed E-state index contributed by atoms with van der Waals surface area (Å²) in [6, 6.07) is 0.384. The van der Waals surface area contributed by atoms with Crippen LogP contribution in [-0.2, 0) is 9.59 Å². The third-order valence-electron chi connectivity index (χ3n) is 3.84. The van der Waals surface area contributed by atoms with Crippen LogP contribution in [0, 0.1) is 5.92 Å². The summed E-state index contributed by atoms with van der Waals surface area (Å²) in [7, 11) is 1.73. The van der Waals surface area contributed by atoms with Crippen LogP contribution in [0.3, 0.4) is 0 Å². The summed E-state index contributed by atoms with van der Waals surface area (Å²) < 4.78 is 0. The van der Waals surface area contributed by atoms with E-state index in [0.29, 0.717) is 19.1 Å². The predicted molar refractivity (Wildman–Crippen MR) is 75.8 cm³/mol. The molecule has 110 valence electrons. The first kappa shape index (κ1) is 16.0. The van der Waals surface area contributed by atoms with Gasteiger partial charge in [0.2, 0.25) is 11.8 Å². The molecule has 5 nitrogen and oxygen atoms in total. The van der Waals surface area contributed by atoms with Crippen molar-refractivity contribution in [1.82, 2.24) is 15.1 Å². The van der Waals surface area contributed by atoms with Crippen molar-refractivity contribution in [3.63, 3.8) is 0 Å². The van der Waals surface area contributed by atoms with Gasteiger partial charge in [0.1, 0.15) is 0 Å². The second kappa shape index (κ2) is 7.48. The van der Waals surface area contributed by atoms with Gasteiger partial charge in [0.25, 0.3) is 0 Å². The molecule has 0 saturated carbocycles. The molecule has 0 aromatic rings. The maximum atomic E-state index is 12.3. The average Bonchev–Trinajstić information content (AvgIpc) is 2.39. The molecule has 5 heteroatoms. The SMILES string of the molecule is CCN(CC)C(=O)CN(C)C(=O)[C@H]1CCN[C@@H](C)C1. The Morgan fingerprint density at radius 3 is 2.42 bits per heavy atom. The molecule has 19 heavy (non-hydrogen) atoms. The van der Waals surface area contributed by atoms with Crippen molar-refractivity contribution in [2.75, 3.05) is 33.2 Å². The lowest BCUT2D eigenvalue weighted by Gasteiger charge is -2.31. The van der Waals surface area contributed by atoms with E-state index in [-0.39, 0.29) is 24.3 Å². The highest BCUT2D eigenvalue weighted by Gasteiger charge is 2.28. The van der Waals surface area contributed by atoms with Gasteiger partial charge in [-0.25, -0.2) is 0 Å². The van der Waals surface area contributed by atoms with Crippen LogP contribution in [0.1, 0.15) is 33.6 Å². The minimum atomic E-state index is 0.0304. The molecule has 2 atom stereocenters. The molecule has 0 unspecified atom stereocenters. The summed E-state index contributed by atoms with van der Waals surface area (Å²) in [5.41, 5.74) is 0. The Kier molecular flexibility index (Phi) is 6.28. The Labute approximate surface area is 116 Å². The third-order valence-corrected chi connectivity index (χ3v) is 3.84. The van der Waals surface area contributed by atoms with Gasteiger partial charge < -0.3 is 15.1 Å². The van der Waals surface area contributed by atoms with E-state index in [1.807, 2.05) is 13.8 Å². The molecule has 2 amide bonds. The highest BCUT2D eigenvalue weighted by atomic mass is 16.2. The highest BCUT2D eigenvalue weighted by molar-refractivity contribution is 5.85. The predicted octanol–water partition coefficient (Wildman–Crippen LogP) is 0.701. The van der Waals surface area contributed by atoms with Crippen LogP contribution in [0.4, 0.5) is 0 Å². The number of amides is 2. The van der Waals surface area contributed by atoms with Gasteiger partial charge in [-0.15, -0.1) is 0 Å². The Hall–Kier alpha value is -1.10. The van der Waals surface area contributed by atoms with Crippen LogP contribution in [0.25, 0.3) is 0 Å². The molecular weight excluding hydrogens is 242 g/mol. The molecule has 1 fully saturated rings. The number of hydrogen-bond donors (Lipinski definition) is 1. The van der Waals surface area contributed by atoms with Gasteiger partial charge in [0.05, 0.1) is 6.54 Å². The second-order valence-electron chi connectivity index (χ2n) is 5.34. The van der Waals surface area contributed by atoms with Crippen molar-refractivity contribution in [2.24, 2.45) is 5.92 Å². The zero-order valence-electron chi connectivity index (χ0n) is 12.6. The number of carbonyl (C=O) groups excluding carboxylic acids is 2. The maximum absolute atomic E-state index is 12.3. The first-order valence-corrected chi connectivity index (χ1v) is 7.25. The van der Waals surface area contributed by atoms with Crippen LogP contribution in [0.15, 0.2) is 0 Å². The molecule has 0 spiro atoms. The van der Waals surface area contributed by atoms with E-state index < -0.39 is 0 Å². The minimum Gasteiger partial charge on any atom is -0.342 e. The summed E-state index contributed by atoms with van der Waals surface area (Å²) in [5, 5.41) is 3.34. The Morgan fingerprint density at radius 1 is 1.26 bits per heavy atom. The number of likely N-dealkylation sites (N-methyl/N-ethyl adjacent to an activating group) is 2. The fourth-order valence-electron chi connectivity index (χ4n) is 2.63. The van der Waals surface area contributed by atoms with Crippen LogP contribution in [0.5, 0.6) is 0 Å². The van der Waals surface area contributed by atoms with Crippen LogP contribution < -0.4 is 5.32 Å². The summed E-state index contributed by atoms with van der Waals surface area (Å²) in [5.74, 6) is 0.197. The molecule has 1 rings (SSSR count). The molecule has 1 aliphatic heterocycles. The fourth-order valence-corrected chi connectivity index (χ4v) is 2.63. The van der Waals surface area contributed by atoms with Crippen molar-refractivity contribution >= 4 is 11.8 Å². The van der Waals surface area contributed by atoms with Crippen LogP contribution >= 0.6 is 0 Å². The number of hydrogen-bond acceptors (Lipinski definition) is 3. The quantitative estimate of drug-likeness (QED) is 0.799. The van der Waals surface area contributed by atoms with Crippen molar-refractivity contribution < 1.29 is 9.59 Å². The summed E-state index contributed by atoms with van der Waals surface area (Å²) >= 11 is 0. The van der Waals surface area contributed by atoms with E-state index in [1.165, 1.54) is 0 Å². The average molecular weight is 269 g/mol. The lowest BCUT2D eigenvalue weighted by atomic mass is 9.92. The number of rotatable bonds is 5. The standard InChI is InChI=1S/C14H27N3O2/c1-5-17(6-2)13(18)10-16(4)14(19)12-7-8-15-11(3)9-12/h11-12,15H,5-10H2,1-4H3/t11-,12-/m0/s1. The molecule has 1 N–H and O–H groups in total. The molecular formula is C14H27N3O2. The molecule has 0 aromatic carbocycles. The van der Waals surface area contributed by atoms with Crippen molar-refractivity contribution in [1.29, 1.82) is 0 Å². The molecule has 1 aliphatic rings. The molecule has 0 bridgehead atoms. The zero-order valence-corrected chi connectivity index (χ0v) is 12.6.